The van der Waals surface area contributed by atoms with E-state index in [0.717, 1.165) is 31.5 Å². The molecule has 3 aliphatic rings. The number of anilines is 2. The zero-order valence-electron chi connectivity index (χ0n) is 21.4. The Labute approximate surface area is 216 Å². The van der Waals surface area contributed by atoms with Gasteiger partial charge in [-0.3, -0.25) is 14.5 Å². The van der Waals surface area contributed by atoms with Crippen molar-refractivity contribution in [3.63, 3.8) is 0 Å². The molecule has 3 fully saturated rings. The van der Waals surface area contributed by atoms with Crippen molar-refractivity contribution >= 4 is 23.5 Å². The average Bonchev–Trinajstić information content (AvgIpc) is 3.35. The Balaban J connectivity index is 1.31. The quantitative estimate of drug-likeness (QED) is 0.546. The summed E-state index contributed by atoms with van der Waals surface area (Å²) in [5.74, 6) is -0.653. The summed E-state index contributed by atoms with van der Waals surface area (Å²) in [7, 11) is 1.67. The third-order valence-electron chi connectivity index (χ3n) is 7.04. The van der Waals surface area contributed by atoms with E-state index in [1.165, 1.54) is 6.26 Å². The van der Waals surface area contributed by atoms with Crippen molar-refractivity contribution in [2.45, 2.75) is 44.6 Å². The lowest BCUT2D eigenvalue weighted by Gasteiger charge is -2.36. The van der Waals surface area contributed by atoms with Gasteiger partial charge in [0.15, 0.2) is 5.69 Å². The fourth-order valence-electron chi connectivity index (χ4n) is 4.83. The second kappa shape index (κ2) is 11.6. The maximum absolute atomic E-state index is 13.4. The molecule has 2 amide bonds. The molecule has 200 valence electrons. The first-order valence-electron chi connectivity index (χ1n) is 12.9. The van der Waals surface area contributed by atoms with Crippen molar-refractivity contribution in [2.75, 3.05) is 63.3 Å². The summed E-state index contributed by atoms with van der Waals surface area (Å²) in [4.78, 5) is 34.9. The summed E-state index contributed by atoms with van der Waals surface area (Å²) < 4.78 is 21.8. The van der Waals surface area contributed by atoms with E-state index in [9.17, 15) is 9.59 Å². The maximum Gasteiger partial charge on any atom is 0.298 e. The van der Waals surface area contributed by atoms with Crippen LogP contribution in [0, 0.1) is 0 Å². The van der Waals surface area contributed by atoms with Crippen molar-refractivity contribution in [1.29, 1.82) is 0 Å². The van der Waals surface area contributed by atoms with Crippen LogP contribution < -0.4 is 15.5 Å². The minimum Gasteiger partial charge on any atom is -0.431 e. The molecule has 1 atom stereocenters. The number of nitrogens with one attached hydrogen (secondary N) is 2. The molecule has 4 heterocycles. The highest BCUT2D eigenvalue weighted by Crippen LogP contribution is 2.24. The predicted molar refractivity (Wildman–Crippen MR) is 136 cm³/mol. The standard InChI is InChI=1S/C26H35N5O6/c1-17-12-30(7-10-36-17)13-18-3-4-22(21(11-18)24(32)27-19-5-8-35-9-6-19)28-25(33)23-16-37-26(29-23)31-14-20(15-31)34-2/h3-4,11,16-17,19-20H,5-10,12-15H2,1-2H3,(H,27,32)(H,28,33)/t17-/m1/s1. The van der Waals surface area contributed by atoms with Crippen LogP contribution in [-0.2, 0) is 20.8 Å². The molecular formula is C26H35N5O6. The Bertz CT molecular complexity index is 1090. The first-order valence-corrected chi connectivity index (χ1v) is 12.9. The highest BCUT2D eigenvalue weighted by atomic mass is 16.5. The van der Waals surface area contributed by atoms with Gasteiger partial charge in [-0.05, 0) is 37.5 Å². The summed E-state index contributed by atoms with van der Waals surface area (Å²) in [5, 5.41) is 5.98. The van der Waals surface area contributed by atoms with E-state index in [1.54, 1.807) is 13.2 Å². The third kappa shape index (κ3) is 6.30. The topological polar surface area (TPSA) is 118 Å². The summed E-state index contributed by atoms with van der Waals surface area (Å²) in [6.07, 6.45) is 3.18. The van der Waals surface area contributed by atoms with Crippen molar-refractivity contribution in [1.82, 2.24) is 15.2 Å². The van der Waals surface area contributed by atoms with Crippen LogP contribution in [0.15, 0.2) is 28.9 Å². The zero-order valence-corrected chi connectivity index (χ0v) is 21.4. The second-order valence-corrected chi connectivity index (χ2v) is 9.89. The fourth-order valence-corrected chi connectivity index (χ4v) is 4.83. The van der Waals surface area contributed by atoms with Gasteiger partial charge in [0.1, 0.15) is 6.26 Å². The van der Waals surface area contributed by atoms with Gasteiger partial charge in [-0.2, -0.15) is 4.98 Å². The van der Waals surface area contributed by atoms with Crippen LogP contribution in [0.1, 0.15) is 46.2 Å². The molecule has 5 rings (SSSR count). The van der Waals surface area contributed by atoms with Crippen molar-refractivity contribution in [2.24, 2.45) is 0 Å². The minimum absolute atomic E-state index is 0.0408. The lowest BCUT2D eigenvalue weighted by Crippen LogP contribution is -2.52. The molecule has 37 heavy (non-hydrogen) atoms. The molecule has 11 heteroatoms. The van der Waals surface area contributed by atoms with Crippen LogP contribution in [0.5, 0.6) is 0 Å². The highest BCUT2D eigenvalue weighted by Gasteiger charge is 2.31. The van der Waals surface area contributed by atoms with Crippen molar-refractivity contribution in [3.05, 3.63) is 41.3 Å². The minimum atomic E-state index is -0.436. The number of morpholine rings is 1. The van der Waals surface area contributed by atoms with Crippen LogP contribution in [0.25, 0.3) is 0 Å². The molecule has 2 aromatic rings. The number of hydrogen-bond acceptors (Lipinski definition) is 9. The number of methoxy groups -OCH3 is 1. The van der Waals surface area contributed by atoms with Gasteiger partial charge in [-0.1, -0.05) is 6.07 Å². The first kappa shape index (κ1) is 25.7. The van der Waals surface area contributed by atoms with Gasteiger partial charge in [-0.25, -0.2) is 0 Å². The Morgan fingerprint density at radius 2 is 1.95 bits per heavy atom. The highest BCUT2D eigenvalue weighted by molar-refractivity contribution is 6.08. The Hall–Kier alpha value is -2.99. The van der Waals surface area contributed by atoms with E-state index >= 15 is 0 Å². The second-order valence-electron chi connectivity index (χ2n) is 9.89. The van der Waals surface area contributed by atoms with E-state index in [-0.39, 0.29) is 29.9 Å². The smallest absolute Gasteiger partial charge is 0.298 e. The Morgan fingerprint density at radius 1 is 1.14 bits per heavy atom. The van der Waals surface area contributed by atoms with Gasteiger partial charge < -0.3 is 34.2 Å². The number of oxazole rings is 1. The molecule has 0 unspecified atom stereocenters. The fraction of sp³-hybridized carbons (Fsp3) is 0.577. The molecule has 1 aromatic heterocycles. The number of hydrogen-bond donors (Lipinski definition) is 2. The number of amides is 2. The molecule has 0 saturated carbocycles. The number of rotatable bonds is 8. The van der Waals surface area contributed by atoms with Gasteiger partial charge in [0, 0.05) is 46.0 Å². The van der Waals surface area contributed by atoms with E-state index in [4.69, 9.17) is 18.6 Å². The Kier molecular flexibility index (Phi) is 8.04. The van der Waals surface area contributed by atoms with Gasteiger partial charge in [0.05, 0.1) is 43.2 Å². The summed E-state index contributed by atoms with van der Waals surface area (Å²) >= 11 is 0. The average molecular weight is 514 g/mol. The van der Waals surface area contributed by atoms with Gasteiger partial charge >= 0.3 is 0 Å². The lowest BCUT2D eigenvalue weighted by molar-refractivity contribution is -0.0212. The summed E-state index contributed by atoms with van der Waals surface area (Å²) in [5.41, 5.74) is 2.01. The molecule has 0 bridgehead atoms. The van der Waals surface area contributed by atoms with E-state index in [0.29, 0.717) is 56.7 Å². The van der Waals surface area contributed by atoms with Crippen LogP contribution >= 0.6 is 0 Å². The summed E-state index contributed by atoms with van der Waals surface area (Å²) in [6, 6.07) is 6.02. The Morgan fingerprint density at radius 3 is 2.70 bits per heavy atom. The number of carbonyl (C=O) groups is 2. The van der Waals surface area contributed by atoms with Crippen molar-refractivity contribution < 1.29 is 28.2 Å². The summed E-state index contributed by atoms with van der Waals surface area (Å²) in [6.45, 7) is 7.70. The first-order chi connectivity index (χ1) is 18.0. The van der Waals surface area contributed by atoms with E-state index in [2.05, 4.69) is 27.4 Å². The third-order valence-corrected chi connectivity index (χ3v) is 7.04. The predicted octanol–water partition coefficient (Wildman–Crippen LogP) is 1.89. The normalized spacial score (nSPS) is 21.5. The molecule has 0 spiro atoms. The van der Waals surface area contributed by atoms with Crippen molar-refractivity contribution in [3.8, 4) is 0 Å². The molecule has 11 nitrogen and oxygen atoms in total. The molecular weight excluding hydrogens is 478 g/mol. The largest absolute Gasteiger partial charge is 0.431 e. The monoisotopic (exact) mass is 513 g/mol. The van der Waals surface area contributed by atoms with Crippen LogP contribution in [0.4, 0.5) is 11.7 Å². The van der Waals surface area contributed by atoms with Gasteiger partial charge in [0.2, 0.25) is 0 Å². The maximum atomic E-state index is 13.4. The number of benzene rings is 1. The molecule has 1 aromatic carbocycles. The molecule has 0 aliphatic carbocycles. The number of carbonyl (C=O) groups excluding carboxylic acids is 2. The van der Waals surface area contributed by atoms with Crippen LogP contribution in [0.2, 0.25) is 0 Å². The van der Waals surface area contributed by atoms with Gasteiger partial charge in [0.25, 0.3) is 17.8 Å². The number of ether oxygens (including phenoxy) is 3. The van der Waals surface area contributed by atoms with E-state index in [1.807, 2.05) is 17.0 Å². The lowest BCUT2D eigenvalue weighted by atomic mass is 10.0. The SMILES string of the molecule is COC1CN(c2nc(C(=O)Nc3ccc(CN4CCO[C@H](C)C4)cc3C(=O)NC3CCOCC3)co2)C1. The molecule has 0 radical (unpaired) electrons. The zero-order chi connectivity index (χ0) is 25.8. The number of aromatic nitrogens is 1. The van der Waals surface area contributed by atoms with Crippen LogP contribution in [0.3, 0.4) is 0 Å². The van der Waals surface area contributed by atoms with Crippen LogP contribution in [-0.4, -0.2) is 93.1 Å². The molecule has 3 saturated heterocycles. The van der Waals surface area contributed by atoms with E-state index < -0.39 is 5.91 Å². The number of nitrogens with zero attached hydrogens (tertiary/aromatic N) is 3. The molecule has 2 N–H and O–H groups in total. The van der Waals surface area contributed by atoms with Gasteiger partial charge in [-0.15, -0.1) is 0 Å². The molecule has 3 aliphatic heterocycles.